The molecule has 0 N–H and O–H groups in total. The van der Waals surface area contributed by atoms with Gasteiger partial charge in [0.05, 0.1) is 34.4 Å². The summed E-state index contributed by atoms with van der Waals surface area (Å²) < 4.78 is 34.5. The largest absolute Gasteiger partial charge is 0.756 e. The number of hydrogen-bond donors (Lipinski definition) is 0. The van der Waals surface area contributed by atoms with E-state index >= 15 is 0 Å². The number of hydrogen-bond acceptors (Lipinski definition) is 7. The van der Waals surface area contributed by atoms with Crippen LogP contribution in [0.25, 0.3) is 0 Å². The lowest BCUT2D eigenvalue weighted by Gasteiger charge is -2.28. The molecule has 0 aromatic rings. The summed E-state index contributed by atoms with van der Waals surface area (Å²) in [6.45, 7) is 5.17. The maximum Gasteiger partial charge on any atom is 0.306 e. The zero-order valence-electron chi connectivity index (χ0n) is 35.8. The third-order valence-corrected chi connectivity index (χ3v) is 9.69. The van der Waals surface area contributed by atoms with E-state index in [1.165, 1.54) is 32.1 Å². The number of likely N-dealkylation sites (N-methyl/N-ethyl adjacent to an activating group) is 1. The van der Waals surface area contributed by atoms with Crippen LogP contribution in [0.3, 0.4) is 0 Å². The standard InChI is InChI=1S/C46H82NO7P/c1-6-8-10-12-14-16-18-20-21-22-23-24-25-26-28-30-32-34-36-38-41-51-43-45(44-53-55(49,50)52-42-40-47(3,4)5)54-46(48)39-37-35-33-31-29-27-19-17-15-13-11-9-7-2/h8,10-11,13-14,16-17,19-21,23-24,45H,6-7,9,12,15,18,22,25-44H2,1-5H3/b10-8-,13-11-,16-14-,19-17-,21-20-,24-23-. The number of allylic oxidation sites excluding steroid dienone is 12. The molecule has 0 rings (SSSR count). The van der Waals surface area contributed by atoms with Gasteiger partial charge in [0.25, 0.3) is 7.82 Å². The maximum absolute atomic E-state index is 12.6. The topological polar surface area (TPSA) is 94.1 Å². The molecule has 0 amide bonds. The van der Waals surface area contributed by atoms with Gasteiger partial charge in [-0.2, -0.15) is 0 Å². The number of phosphoric ester groups is 1. The van der Waals surface area contributed by atoms with E-state index in [2.05, 4.69) is 86.8 Å². The van der Waals surface area contributed by atoms with Gasteiger partial charge in [0.2, 0.25) is 0 Å². The summed E-state index contributed by atoms with van der Waals surface area (Å²) in [5.41, 5.74) is 0. The molecule has 0 fully saturated rings. The molecule has 8 nitrogen and oxygen atoms in total. The number of unbranched alkanes of at least 4 members (excludes halogenated alkanes) is 13. The fourth-order valence-electron chi connectivity index (χ4n) is 5.40. The molecule has 2 atom stereocenters. The zero-order valence-corrected chi connectivity index (χ0v) is 36.7. The first-order valence-corrected chi connectivity index (χ1v) is 23.1. The van der Waals surface area contributed by atoms with E-state index < -0.39 is 13.9 Å². The predicted octanol–water partition coefficient (Wildman–Crippen LogP) is 12.1. The van der Waals surface area contributed by atoms with Crippen LogP contribution in [0, 0.1) is 0 Å². The van der Waals surface area contributed by atoms with Crippen LogP contribution >= 0.6 is 7.82 Å². The summed E-state index contributed by atoms with van der Waals surface area (Å²) >= 11 is 0. The Morgan fingerprint density at radius 3 is 1.58 bits per heavy atom. The highest BCUT2D eigenvalue weighted by molar-refractivity contribution is 7.45. The van der Waals surface area contributed by atoms with Gasteiger partial charge in [-0.3, -0.25) is 9.36 Å². The van der Waals surface area contributed by atoms with Crippen molar-refractivity contribution >= 4 is 13.8 Å². The number of rotatable bonds is 39. The first kappa shape index (κ1) is 52.9. The van der Waals surface area contributed by atoms with Crippen LogP contribution < -0.4 is 4.89 Å². The summed E-state index contributed by atoms with van der Waals surface area (Å²) in [6.07, 6.45) is 49.1. The van der Waals surface area contributed by atoms with Crippen molar-refractivity contribution in [3.63, 3.8) is 0 Å². The summed E-state index contributed by atoms with van der Waals surface area (Å²) in [4.78, 5) is 25.0. The van der Waals surface area contributed by atoms with Gasteiger partial charge in [-0.15, -0.1) is 0 Å². The van der Waals surface area contributed by atoms with Crippen LogP contribution in [-0.2, 0) is 27.9 Å². The lowest BCUT2D eigenvalue weighted by molar-refractivity contribution is -0.870. The van der Waals surface area contributed by atoms with E-state index in [4.69, 9.17) is 18.5 Å². The van der Waals surface area contributed by atoms with Gasteiger partial charge in [-0.25, -0.2) is 0 Å². The van der Waals surface area contributed by atoms with Crippen molar-refractivity contribution < 1.29 is 37.3 Å². The van der Waals surface area contributed by atoms with E-state index in [-0.39, 0.29) is 25.8 Å². The quantitative estimate of drug-likeness (QED) is 0.0201. The molecule has 0 aromatic carbocycles. The molecule has 0 aliphatic heterocycles. The van der Waals surface area contributed by atoms with Gasteiger partial charge >= 0.3 is 5.97 Å². The van der Waals surface area contributed by atoms with Gasteiger partial charge in [-0.05, 0) is 77.0 Å². The first-order valence-electron chi connectivity index (χ1n) is 21.7. The van der Waals surface area contributed by atoms with Crippen LogP contribution in [0.15, 0.2) is 72.9 Å². The summed E-state index contributed by atoms with van der Waals surface area (Å²) in [7, 11) is 1.33. The number of esters is 1. The molecular weight excluding hydrogens is 709 g/mol. The SMILES string of the molecule is CC/C=C\C/C=C\C/C=C\C/C=C\CCCCCCCCCOCC(COP(=O)([O-])OCC[N+](C)(C)C)OC(=O)CCCCCCC/C=C\C/C=C\CCC. The molecule has 0 saturated heterocycles. The van der Waals surface area contributed by atoms with Gasteiger partial charge in [0.15, 0.2) is 0 Å². The summed E-state index contributed by atoms with van der Waals surface area (Å²) in [5.74, 6) is -0.357. The summed E-state index contributed by atoms with van der Waals surface area (Å²) in [6, 6.07) is 0. The second-order valence-electron chi connectivity index (χ2n) is 15.3. The Morgan fingerprint density at radius 2 is 1.05 bits per heavy atom. The smallest absolute Gasteiger partial charge is 0.306 e. The highest BCUT2D eigenvalue weighted by atomic mass is 31.2. The van der Waals surface area contributed by atoms with Gasteiger partial charge in [0, 0.05) is 13.0 Å². The van der Waals surface area contributed by atoms with Crippen LogP contribution in [-0.4, -0.2) is 70.7 Å². The molecule has 0 bridgehead atoms. The normalized spacial score (nSPS) is 14.5. The number of ether oxygens (including phenoxy) is 2. The molecule has 0 radical (unpaired) electrons. The molecule has 0 aliphatic rings. The van der Waals surface area contributed by atoms with Crippen molar-refractivity contribution in [3.05, 3.63) is 72.9 Å². The highest BCUT2D eigenvalue weighted by Crippen LogP contribution is 2.38. The Balaban J connectivity index is 4.27. The lowest BCUT2D eigenvalue weighted by Crippen LogP contribution is -2.37. The van der Waals surface area contributed by atoms with E-state index in [0.717, 1.165) is 103 Å². The fourth-order valence-corrected chi connectivity index (χ4v) is 6.13. The van der Waals surface area contributed by atoms with Crippen LogP contribution in [0.5, 0.6) is 0 Å². The molecule has 9 heteroatoms. The van der Waals surface area contributed by atoms with Crippen molar-refractivity contribution in [1.82, 2.24) is 0 Å². The lowest BCUT2D eigenvalue weighted by atomic mass is 10.1. The second kappa shape index (κ2) is 38.8. The Hall–Kier alpha value is -2.06. The summed E-state index contributed by atoms with van der Waals surface area (Å²) in [5, 5.41) is 0. The van der Waals surface area contributed by atoms with Crippen molar-refractivity contribution in [2.75, 3.05) is 54.1 Å². The molecule has 0 heterocycles. The van der Waals surface area contributed by atoms with E-state index in [1.54, 1.807) is 0 Å². The molecule has 55 heavy (non-hydrogen) atoms. The molecule has 0 saturated carbocycles. The zero-order chi connectivity index (χ0) is 40.6. The fraction of sp³-hybridized carbons (Fsp3) is 0.717. The van der Waals surface area contributed by atoms with Gasteiger partial charge < -0.3 is 27.9 Å². The maximum atomic E-state index is 12.6. The van der Waals surface area contributed by atoms with Crippen LogP contribution in [0.1, 0.15) is 155 Å². The van der Waals surface area contributed by atoms with E-state index in [0.29, 0.717) is 24.1 Å². The first-order chi connectivity index (χ1) is 26.6. The number of quaternary nitrogens is 1. The molecule has 0 aliphatic carbocycles. The molecule has 0 spiro atoms. The predicted molar refractivity (Wildman–Crippen MR) is 231 cm³/mol. The van der Waals surface area contributed by atoms with E-state index in [9.17, 15) is 14.3 Å². The molecule has 2 unspecified atom stereocenters. The van der Waals surface area contributed by atoms with Crippen molar-refractivity contribution in [3.8, 4) is 0 Å². The number of nitrogens with zero attached hydrogens (tertiary/aromatic N) is 1. The van der Waals surface area contributed by atoms with Crippen molar-refractivity contribution in [1.29, 1.82) is 0 Å². The third kappa shape index (κ3) is 42.9. The third-order valence-electron chi connectivity index (χ3n) is 8.72. The Labute approximate surface area is 338 Å². The molecule has 0 aromatic heterocycles. The second-order valence-corrected chi connectivity index (χ2v) is 16.7. The van der Waals surface area contributed by atoms with Crippen LogP contribution in [0.2, 0.25) is 0 Å². The van der Waals surface area contributed by atoms with Crippen molar-refractivity contribution in [2.24, 2.45) is 0 Å². The van der Waals surface area contributed by atoms with E-state index in [1.807, 2.05) is 21.1 Å². The number of carbonyl (C=O) groups excluding carboxylic acids is 1. The highest BCUT2D eigenvalue weighted by Gasteiger charge is 2.20. The Bertz CT molecular complexity index is 1110. The van der Waals surface area contributed by atoms with Gasteiger partial charge in [0.1, 0.15) is 19.3 Å². The average molecular weight is 792 g/mol. The Morgan fingerprint density at radius 1 is 0.582 bits per heavy atom. The molecular formula is C46H82NO7P. The minimum atomic E-state index is -4.53. The Kier molecular flexibility index (Phi) is 37.3. The number of phosphoric acid groups is 1. The molecule has 318 valence electrons. The van der Waals surface area contributed by atoms with Crippen molar-refractivity contribution in [2.45, 2.75) is 161 Å². The minimum absolute atomic E-state index is 0.0171. The minimum Gasteiger partial charge on any atom is -0.756 e. The van der Waals surface area contributed by atoms with Gasteiger partial charge in [-0.1, -0.05) is 145 Å². The van der Waals surface area contributed by atoms with Crippen LogP contribution in [0.4, 0.5) is 0 Å². The number of carbonyl (C=O) groups is 1. The monoisotopic (exact) mass is 792 g/mol. The average Bonchev–Trinajstić information content (AvgIpc) is 3.13.